The smallest absolute Gasteiger partial charge is 0.306 e. The highest BCUT2D eigenvalue weighted by Crippen LogP contribution is 2.19. The predicted molar refractivity (Wildman–Crippen MR) is 228 cm³/mol. The van der Waals surface area contributed by atoms with Gasteiger partial charge in [-0.1, -0.05) is 163 Å². The summed E-state index contributed by atoms with van der Waals surface area (Å²) in [6, 6.07) is 0. The van der Waals surface area contributed by atoms with Crippen LogP contribution in [0.15, 0.2) is 0 Å². The first-order valence-electron chi connectivity index (χ1n) is 23.7. The normalized spacial score (nSPS) is 12.7. The van der Waals surface area contributed by atoms with Gasteiger partial charge in [0.15, 0.2) is 0 Å². The van der Waals surface area contributed by atoms with E-state index in [1.54, 1.807) is 0 Å². The molecular weight excluding hydrogens is 659 g/mol. The van der Waals surface area contributed by atoms with Crippen molar-refractivity contribution in [3.63, 3.8) is 0 Å². The van der Waals surface area contributed by atoms with Crippen LogP contribution in [0.2, 0.25) is 0 Å². The fraction of sp³-hybridized carbons (Fsp3) is 0.957. The molecule has 2 unspecified atom stereocenters. The monoisotopic (exact) mass is 752 g/mol. The average molecular weight is 752 g/mol. The number of hydrogen-bond donors (Lipinski definition) is 1. The van der Waals surface area contributed by atoms with Crippen LogP contribution in [0.5, 0.6) is 0 Å². The van der Waals surface area contributed by atoms with Crippen molar-refractivity contribution >= 4 is 11.9 Å². The Balaban J connectivity index is 4.14. The van der Waals surface area contributed by atoms with Gasteiger partial charge in [-0.15, -0.1) is 0 Å². The summed E-state index contributed by atoms with van der Waals surface area (Å²) in [4.78, 5) is 27.7. The van der Waals surface area contributed by atoms with Gasteiger partial charge in [0.2, 0.25) is 0 Å². The maximum absolute atomic E-state index is 12.7. The molecule has 53 heavy (non-hydrogen) atoms. The highest BCUT2D eigenvalue weighted by atomic mass is 16.5. The van der Waals surface area contributed by atoms with Gasteiger partial charge in [0.1, 0.15) is 12.2 Å². The summed E-state index contributed by atoms with van der Waals surface area (Å²) in [5, 5.41) is 9.42. The Hall–Kier alpha value is -1.14. The van der Waals surface area contributed by atoms with E-state index in [1.165, 1.54) is 148 Å². The van der Waals surface area contributed by atoms with Crippen molar-refractivity contribution in [2.24, 2.45) is 0 Å². The molecule has 6 heteroatoms. The minimum absolute atomic E-state index is 0.000448. The Morgan fingerprint density at radius 2 is 0.717 bits per heavy atom. The molecule has 0 heterocycles. The van der Waals surface area contributed by atoms with E-state index in [4.69, 9.17) is 9.47 Å². The zero-order chi connectivity index (χ0) is 38.9. The third-order valence-corrected chi connectivity index (χ3v) is 10.9. The molecule has 0 aliphatic rings. The fourth-order valence-corrected chi connectivity index (χ4v) is 7.52. The molecule has 0 aliphatic heterocycles. The van der Waals surface area contributed by atoms with Crippen LogP contribution in [-0.4, -0.2) is 60.4 Å². The minimum Gasteiger partial charge on any atom is -0.462 e. The van der Waals surface area contributed by atoms with Gasteiger partial charge in [0.25, 0.3) is 0 Å². The molecule has 2 atom stereocenters. The maximum Gasteiger partial charge on any atom is 0.306 e. The first-order valence-corrected chi connectivity index (χ1v) is 23.7. The van der Waals surface area contributed by atoms with Crippen molar-refractivity contribution in [3.8, 4) is 0 Å². The molecule has 0 aliphatic carbocycles. The lowest BCUT2D eigenvalue weighted by Gasteiger charge is -2.22. The van der Waals surface area contributed by atoms with E-state index in [1.807, 2.05) is 0 Å². The molecule has 0 saturated carbocycles. The van der Waals surface area contributed by atoms with Crippen molar-refractivity contribution < 1.29 is 24.2 Å². The van der Waals surface area contributed by atoms with Crippen molar-refractivity contribution in [2.45, 2.75) is 265 Å². The summed E-state index contributed by atoms with van der Waals surface area (Å²) < 4.78 is 11.9. The molecule has 0 bridgehead atoms. The van der Waals surface area contributed by atoms with E-state index in [-0.39, 0.29) is 30.8 Å². The summed E-state index contributed by atoms with van der Waals surface area (Å²) in [7, 11) is 0. The van der Waals surface area contributed by atoms with E-state index in [0.29, 0.717) is 12.8 Å². The second kappa shape index (κ2) is 42.0. The van der Waals surface area contributed by atoms with Gasteiger partial charge in [-0.2, -0.15) is 0 Å². The second-order valence-corrected chi connectivity index (χ2v) is 16.3. The van der Waals surface area contributed by atoms with Crippen LogP contribution in [0.3, 0.4) is 0 Å². The number of carbonyl (C=O) groups excluding carboxylic acids is 2. The average Bonchev–Trinajstić information content (AvgIpc) is 3.15. The summed E-state index contributed by atoms with van der Waals surface area (Å²) in [6.07, 6.45) is 40.1. The highest BCUT2D eigenvalue weighted by molar-refractivity contribution is 5.69. The van der Waals surface area contributed by atoms with Crippen molar-refractivity contribution in [3.05, 3.63) is 0 Å². The van der Waals surface area contributed by atoms with Crippen molar-refractivity contribution in [1.82, 2.24) is 4.90 Å². The van der Waals surface area contributed by atoms with Crippen molar-refractivity contribution in [1.29, 1.82) is 0 Å². The van der Waals surface area contributed by atoms with Crippen LogP contribution in [0, 0.1) is 0 Å². The largest absolute Gasteiger partial charge is 0.462 e. The number of hydrogen-bond acceptors (Lipinski definition) is 6. The van der Waals surface area contributed by atoms with Gasteiger partial charge in [-0.3, -0.25) is 9.59 Å². The van der Waals surface area contributed by atoms with E-state index in [9.17, 15) is 14.7 Å². The third-order valence-electron chi connectivity index (χ3n) is 10.9. The second-order valence-electron chi connectivity index (χ2n) is 16.3. The number of esters is 2. The fourth-order valence-electron chi connectivity index (χ4n) is 7.52. The van der Waals surface area contributed by atoms with Gasteiger partial charge < -0.3 is 19.5 Å². The topological polar surface area (TPSA) is 76.1 Å². The Morgan fingerprint density at radius 1 is 0.396 bits per heavy atom. The lowest BCUT2D eigenvalue weighted by molar-refractivity contribution is -0.151. The van der Waals surface area contributed by atoms with Crippen LogP contribution in [0.1, 0.15) is 252 Å². The molecule has 0 spiro atoms. The van der Waals surface area contributed by atoms with E-state index < -0.39 is 0 Å². The first kappa shape index (κ1) is 51.9. The molecule has 0 aromatic rings. The van der Waals surface area contributed by atoms with Crippen LogP contribution < -0.4 is 0 Å². The molecule has 1 N–H and O–H groups in total. The molecule has 0 radical (unpaired) electrons. The molecule has 0 rings (SSSR count). The van der Waals surface area contributed by atoms with E-state index in [2.05, 4.69) is 32.6 Å². The number of unbranched alkanes of at least 4 members (excludes halogenated alkanes) is 22. The van der Waals surface area contributed by atoms with E-state index in [0.717, 1.165) is 83.8 Å². The zero-order valence-electron chi connectivity index (χ0n) is 36.3. The molecule has 0 aromatic carbocycles. The first-order chi connectivity index (χ1) is 26.0. The highest BCUT2D eigenvalue weighted by Gasteiger charge is 2.15. The quantitative estimate of drug-likeness (QED) is 0.0494. The molecule has 6 nitrogen and oxygen atoms in total. The summed E-state index contributed by atoms with van der Waals surface area (Å²) >= 11 is 0. The molecule has 0 amide bonds. The van der Waals surface area contributed by atoms with Crippen LogP contribution in [-0.2, 0) is 19.1 Å². The number of aliphatic hydroxyl groups excluding tert-OH is 1. The molecule has 0 saturated heterocycles. The van der Waals surface area contributed by atoms with Crippen molar-refractivity contribution in [2.75, 3.05) is 26.2 Å². The third kappa shape index (κ3) is 37.6. The van der Waals surface area contributed by atoms with Gasteiger partial charge >= 0.3 is 11.9 Å². The number of rotatable bonds is 43. The standard InChI is InChI=1S/C47H93NO5/c1-5-9-12-15-20-27-35-44(34-8-4)52-46(50)38-29-22-17-24-31-40-48(42-33-43-49)41-32-25-18-23-30-39-47(51)53-45(36-26-19-14-11-7-3)37-28-21-16-13-10-6-2/h44-45,49H,5-43H2,1-4H3. The summed E-state index contributed by atoms with van der Waals surface area (Å²) in [6.45, 7) is 12.3. The number of nitrogens with zero attached hydrogens (tertiary/aromatic N) is 1. The maximum atomic E-state index is 12.7. The van der Waals surface area contributed by atoms with Gasteiger partial charge in [0, 0.05) is 26.0 Å². The predicted octanol–water partition coefficient (Wildman–Crippen LogP) is 13.8. The molecule has 0 aromatic heterocycles. The summed E-state index contributed by atoms with van der Waals surface area (Å²) in [5.74, 6) is 0.0181. The molecule has 316 valence electrons. The van der Waals surface area contributed by atoms with Gasteiger partial charge in [-0.25, -0.2) is 0 Å². The number of carbonyl (C=O) groups is 2. The Kier molecular flexibility index (Phi) is 41.1. The molecular formula is C47H93NO5. The Labute approximate surface area is 331 Å². The number of aliphatic hydroxyl groups is 1. The van der Waals surface area contributed by atoms with Crippen LogP contribution in [0.4, 0.5) is 0 Å². The summed E-state index contributed by atoms with van der Waals surface area (Å²) in [5.41, 5.74) is 0. The lowest BCUT2D eigenvalue weighted by Crippen LogP contribution is -2.27. The lowest BCUT2D eigenvalue weighted by atomic mass is 10.0. The molecule has 0 fully saturated rings. The minimum atomic E-state index is 0.000448. The van der Waals surface area contributed by atoms with Gasteiger partial charge in [0.05, 0.1) is 0 Å². The van der Waals surface area contributed by atoms with Crippen LogP contribution >= 0.6 is 0 Å². The number of ether oxygens (including phenoxy) is 2. The Morgan fingerprint density at radius 3 is 1.09 bits per heavy atom. The van der Waals surface area contributed by atoms with Gasteiger partial charge in [-0.05, 0) is 90.1 Å². The van der Waals surface area contributed by atoms with E-state index >= 15 is 0 Å². The zero-order valence-corrected chi connectivity index (χ0v) is 36.3. The Bertz CT molecular complexity index is 761. The SMILES string of the molecule is CCCCCCCCC(CCC)OC(=O)CCCCCCCN(CCCO)CCCCCCCC(=O)OC(CCCCCCC)CCCCCCCC. The van der Waals surface area contributed by atoms with Crippen LogP contribution in [0.25, 0.3) is 0 Å².